The fourth-order valence-corrected chi connectivity index (χ4v) is 3.82. The van der Waals surface area contributed by atoms with Gasteiger partial charge in [-0.25, -0.2) is 4.39 Å². The first-order chi connectivity index (χ1) is 14.8. The van der Waals surface area contributed by atoms with Crippen molar-refractivity contribution in [2.75, 3.05) is 37.6 Å². The molecule has 1 aliphatic rings. The van der Waals surface area contributed by atoms with Crippen molar-refractivity contribution in [3.63, 3.8) is 0 Å². The van der Waals surface area contributed by atoms with Crippen molar-refractivity contribution >= 4 is 17.5 Å². The third kappa shape index (κ3) is 6.28. The molecule has 0 aliphatic carbocycles. The molecular formula is C24H31FN4O2. The number of carbonyl (C=O) groups excluding carboxylic acids is 2. The Hall–Kier alpha value is -2.93. The highest BCUT2D eigenvalue weighted by Crippen LogP contribution is 2.18. The Morgan fingerprint density at radius 3 is 2.16 bits per heavy atom. The van der Waals surface area contributed by atoms with Crippen molar-refractivity contribution in [2.45, 2.75) is 26.3 Å². The van der Waals surface area contributed by atoms with Crippen LogP contribution in [0.2, 0.25) is 0 Å². The molecule has 1 unspecified atom stereocenters. The normalized spacial score (nSPS) is 15.7. The molecule has 3 N–H and O–H groups in total. The van der Waals surface area contributed by atoms with E-state index in [1.54, 1.807) is 24.3 Å². The summed E-state index contributed by atoms with van der Waals surface area (Å²) in [5.41, 5.74) is 7.93. The topological polar surface area (TPSA) is 78.7 Å². The van der Waals surface area contributed by atoms with Gasteiger partial charge in [0.15, 0.2) is 0 Å². The minimum Gasteiger partial charge on any atom is -0.369 e. The maximum atomic E-state index is 13.1. The number of hydrogen-bond donors (Lipinski definition) is 2. The van der Waals surface area contributed by atoms with E-state index < -0.39 is 11.8 Å². The number of halogens is 1. The van der Waals surface area contributed by atoms with Gasteiger partial charge in [-0.3, -0.25) is 14.5 Å². The minimum absolute atomic E-state index is 0.129. The maximum Gasteiger partial charge on any atom is 0.251 e. The average molecular weight is 427 g/mol. The lowest BCUT2D eigenvalue weighted by Gasteiger charge is -2.38. The summed E-state index contributed by atoms with van der Waals surface area (Å²) >= 11 is 0. The predicted molar refractivity (Wildman–Crippen MR) is 120 cm³/mol. The molecule has 1 aliphatic heterocycles. The highest BCUT2D eigenvalue weighted by atomic mass is 19.1. The molecule has 6 nitrogen and oxygen atoms in total. The van der Waals surface area contributed by atoms with Gasteiger partial charge in [-0.2, -0.15) is 0 Å². The largest absolute Gasteiger partial charge is 0.369 e. The van der Waals surface area contributed by atoms with E-state index >= 15 is 0 Å². The van der Waals surface area contributed by atoms with Gasteiger partial charge in [0.1, 0.15) is 5.82 Å². The van der Waals surface area contributed by atoms with Gasteiger partial charge in [0.05, 0.1) is 5.92 Å². The standard InChI is InChI=1S/C24H31FN4O2/c1-17(2)28-11-13-29(14-12-28)22-9-5-19(6-10-22)24(31)27-16-20(23(26)30)15-18-3-7-21(25)8-4-18/h3-10,17,20H,11-16H2,1-2H3,(H2,26,30)(H,27,31). The second-order valence-electron chi connectivity index (χ2n) is 8.30. The molecule has 0 saturated carbocycles. The number of piperazine rings is 1. The van der Waals surface area contributed by atoms with Crippen molar-refractivity contribution < 1.29 is 14.0 Å². The zero-order valence-electron chi connectivity index (χ0n) is 18.2. The highest BCUT2D eigenvalue weighted by Gasteiger charge is 2.20. The smallest absolute Gasteiger partial charge is 0.251 e. The first kappa shape index (κ1) is 22.7. The first-order valence-corrected chi connectivity index (χ1v) is 10.7. The molecule has 0 bridgehead atoms. The summed E-state index contributed by atoms with van der Waals surface area (Å²) in [6, 6.07) is 14.0. The van der Waals surface area contributed by atoms with Crippen molar-refractivity contribution in [1.29, 1.82) is 0 Å². The molecule has 0 radical (unpaired) electrons. The lowest BCUT2D eigenvalue weighted by atomic mass is 9.98. The molecule has 1 atom stereocenters. The van der Waals surface area contributed by atoms with E-state index in [0.717, 1.165) is 37.4 Å². The van der Waals surface area contributed by atoms with E-state index in [4.69, 9.17) is 5.73 Å². The number of primary amides is 1. The summed E-state index contributed by atoms with van der Waals surface area (Å²) < 4.78 is 13.1. The molecule has 1 heterocycles. The molecule has 1 saturated heterocycles. The summed E-state index contributed by atoms with van der Waals surface area (Å²) in [6.07, 6.45) is 0.344. The van der Waals surface area contributed by atoms with E-state index in [1.807, 2.05) is 12.1 Å². The Kier molecular flexibility index (Phi) is 7.63. The number of nitrogens with two attached hydrogens (primary N) is 1. The molecule has 2 amide bonds. The van der Waals surface area contributed by atoms with Gasteiger partial charge >= 0.3 is 0 Å². The van der Waals surface area contributed by atoms with Gasteiger partial charge in [0.2, 0.25) is 5.91 Å². The summed E-state index contributed by atoms with van der Waals surface area (Å²) in [5, 5.41) is 2.80. The Balaban J connectivity index is 1.53. The van der Waals surface area contributed by atoms with Crippen LogP contribution >= 0.6 is 0 Å². The number of amides is 2. The van der Waals surface area contributed by atoms with E-state index in [1.165, 1.54) is 12.1 Å². The number of nitrogens with one attached hydrogen (secondary N) is 1. The van der Waals surface area contributed by atoms with Gasteiger partial charge in [0, 0.05) is 50.0 Å². The van der Waals surface area contributed by atoms with Crippen LogP contribution in [0.3, 0.4) is 0 Å². The number of nitrogens with zero attached hydrogens (tertiary/aromatic N) is 2. The first-order valence-electron chi connectivity index (χ1n) is 10.7. The minimum atomic E-state index is -0.564. The number of benzene rings is 2. The van der Waals surface area contributed by atoms with Crippen molar-refractivity contribution in [3.05, 3.63) is 65.5 Å². The monoisotopic (exact) mass is 426 g/mol. The SMILES string of the molecule is CC(C)N1CCN(c2ccc(C(=O)NCC(Cc3ccc(F)cc3)C(N)=O)cc2)CC1. The number of hydrogen-bond acceptors (Lipinski definition) is 4. The van der Waals surface area contributed by atoms with Crippen LogP contribution in [0, 0.1) is 11.7 Å². The Labute approximate surface area is 183 Å². The zero-order chi connectivity index (χ0) is 22.4. The summed E-state index contributed by atoms with van der Waals surface area (Å²) in [6.45, 7) is 8.55. The quantitative estimate of drug-likeness (QED) is 0.680. The van der Waals surface area contributed by atoms with E-state index in [0.29, 0.717) is 18.0 Å². The Bertz CT molecular complexity index is 875. The van der Waals surface area contributed by atoms with Crippen molar-refractivity contribution in [1.82, 2.24) is 10.2 Å². The lowest BCUT2D eigenvalue weighted by Crippen LogP contribution is -2.48. The van der Waals surface area contributed by atoms with E-state index in [2.05, 4.69) is 29.0 Å². The van der Waals surface area contributed by atoms with Crippen molar-refractivity contribution in [3.8, 4) is 0 Å². The van der Waals surface area contributed by atoms with Gasteiger partial charge in [-0.1, -0.05) is 12.1 Å². The third-order valence-electron chi connectivity index (χ3n) is 5.85. The third-order valence-corrected chi connectivity index (χ3v) is 5.85. The summed E-state index contributed by atoms with van der Waals surface area (Å²) in [4.78, 5) is 29.1. The van der Waals surface area contributed by atoms with Gasteiger partial charge in [-0.05, 0) is 62.2 Å². The van der Waals surface area contributed by atoms with E-state index in [9.17, 15) is 14.0 Å². The average Bonchev–Trinajstić information content (AvgIpc) is 2.77. The fraction of sp³-hybridized carbons (Fsp3) is 0.417. The molecule has 1 fully saturated rings. The number of anilines is 1. The second kappa shape index (κ2) is 10.4. The molecule has 7 heteroatoms. The molecule has 2 aromatic rings. The van der Waals surface area contributed by atoms with Gasteiger partial charge < -0.3 is 16.0 Å². The summed E-state index contributed by atoms with van der Waals surface area (Å²) in [5.74, 6) is -1.65. The molecule has 166 valence electrons. The van der Waals surface area contributed by atoms with Crippen LogP contribution < -0.4 is 16.0 Å². The molecule has 31 heavy (non-hydrogen) atoms. The van der Waals surface area contributed by atoms with Crippen LogP contribution in [-0.4, -0.2) is 55.5 Å². The van der Waals surface area contributed by atoms with Crippen LogP contribution in [0.25, 0.3) is 0 Å². The van der Waals surface area contributed by atoms with Gasteiger partial charge in [-0.15, -0.1) is 0 Å². The molecule has 0 spiro atoms. The lowest BCUT2D eigenvalue weighted by molar-refractivity contribution is -0.121. The fourth-order valence-electron chi connectivity index (χ4n) is 3.82. The maximum absolute atomic E-state index is 13.1. The number of carbonyl (C=O) groups is 2. The van der Waals surface area contributed by atoms with Crippen LogP contribution in [0.15, 0.2) is 48.5 Å². The van der Waals surface area contributed by atoms with Crippen molar-refractivity contribution in [2.24, 2.45) is 11.7 Å². The Morgan fingerprint density at radius 2 is 1.61 bits per heavy atom. The molecule has 0 aromatic heterocycles. The van der Waals surface area contributed by atoms with Crippen LogP contribution in [0.4, 0.5) is 10.1 Å². The molecular weight excluding hydrogens is 395 g/mol. The number of rotatable bonds is 8. The second-order valence-corrected chi connectivity index (χ2v) is 8.30. The van der Waals surface area contributed by atoms with Gasteiger partial charge in [0.25, 0.3) is 5.91 Å². The Morgan fingerprint density at radius 1 is 1.00 bits per heavy atom. The molecule has 3 rings (SSSR count). The van der Waals surface area contributed by atoms with E-state index in [-0.39, 0.29) is 18.3 Å². The summed E-state index contributed by atoms with van der Waals surface area (Å²) in [7, 11) is 0. The molecule has 2 aromatic carbocycles. The van der Waals surface area contributed by atoms with Crippen LogP contribution in [0.5, 0.6) is 0 Å². The predicted octanol–water partition coefficient (Wildman–Crippen LogP) is 2.43. The van der Waals surface area contributed by atoms with Crippen LogP contribution in [0.1, 0.15) is 29.8 Å². The van der Waals surface area contributed by atoms with Crippen LogP contribution in [-0.2, 0) is 11.2 Å². The highest BCUT2D eigenvalue weighted by molar-refractivity contribution is 5.94. The zero-order valence-corrected chi connectivity index (χ0v) is 18.2.